The second kappa shape index (κ2) is 3.85. The van der Waals surface area contributed by atoms with Crippen molar-refractivity contribution < 1.29 is 0 Å². The van der Waals surface area contributed by atoms with E-state index in [1.807, 2.05) is 13.2 Å². The van der Waals surface area contributed by atoms with Gasteiger partial charge in [0.1, 0.15) is 12.1 Å². The van der Waals surface area contributed by atoms with Gasteiger partial charge in [0.05, 0.1) is 3.57 Å². The maximum absolute atomic E-state index is 4.16. The van der Waals surface area contributed by atoms with Crippen molar-refractivity contribution in [3.05, 3.63) is 16.1 Å². The molecule has 0 unspecified atom stereocenters. The smallest absolute Gasteiger partial charge is 0.145 e. The summed E-state index contributed by atoms with van der Waals surface area (Å²) in [6, 6.07) is 0. The number of halogens is 1. The monoisotopic (exact) mass is 263 g/mol. The van der Waals surface area contributed by atoms with Crippen LogP contribution >= 0.6 is 22.6 Å². The van der Waals surface area contributed by atoms with Gasteiger partial charge in [-0.15, -0.1) is 0 Å². The third-order valence-corrected chi connectivity index (χ3v) is 2.25. The van der Waals surface area contributed by atoms with E-state index in [4.69, 9.17) is 0 Å². The summed E-state index contributed by atoms with van der Waals surface area (Å²) in [5, 5.41) is 0. The van der Waals surface area contributed by atoms with Crippen molar-refractivity contribution in [3.8, 4) is 0 Å². The molecule has 0 N–H and O–H groups in total. The van der Waals surface area contributed by atoms with E-state index in [1.165, 1.54) is 0 Å². The average Bonchev–Trinajstić information content (AvgIpc) is 2.04. The molecule has 0 aliphatic rings. The molecular formula is C7H10IN3. The fourth-order valence-electron chi connectivity index (χ4n) is 0.737. The molecule has 11 heavy (non-hydrogen) atoms. The molecule has 0 spiro atoms. The SMILES string of the molecule is CCN(C)c1ncncc1I. The molecule has 0 bridgehead atoms. The van der Waals surface area contributed by atoms with E-state index in [2.05, 4.69) is 44.4 Å². The average molecular weight is 263 g/mol. The highest BCUT2D eigenvalue weighted by atomic mass is 127. The first-order chi connectivity index (χ1) is 5.25. The summed E-state index contributed by atoms with van der Waals surface area (Å²) in [7, 11) is 2.02. The number of anilines is 1. The molecule has 1 aromatic rings. The molecule has 4 heteroatoms. The molecule has 0 aromatic carbocycles. The van der Waals surface area contributed by atoms with Gasteiger partial charge in [-0.1, -0.05) is 0 Å². The Bertz CT molecular complexity index is 239. The van der Waals surface area contributed by atoms with Gasteiger partial charge in [0.2, 0.25) is 0 Å². The van der Waals surface area contributed by atoms with Gasteiger partial charge >= 0.3 is 0 Å². The van der Waals surface area contributed by atoms with Crippen molar-refractivity contribution in [1.82, 2.24) is 9.97 Å². The lowest BCUT2D eigenvalue weighted by molar-refractivity contribution is 0.922. The van der Waals surface area contributed by atoms with Crippen LogP contribution in [0.25, 0.3) is 0 Å². The molecular weight excluding hydrogens is 253 g/mol. The summed E-state index contributed by atoms with van der Waals surface area (Å²) in [6.07, 6.45) is 3.39. The lowest BCUT2D eigenvalue weighted by atomic mass is 10.5. The predicted octanol–water partition coefficient (Wildman–Crippen LogP) is 1.54. The quantitative estimate of drug-likeness (QED) is 0.758. The summed E-state index contributed by atoms with van der Waals surface area (Å²) in [5.74, 6) is 1.00. The van der Waals surface area contributed by atoms with Crippen LogP contribution in [0.2, 0.25) is 0 Å². The van der Waals surface area contributed by atoms with Crippen LogP contribution in [0, 0.1) is 3.57 Å². The highest BCUT2D eigenvalue weighted by molar-refractivity contribution is 14.1. The Morgan fingerprint density at radius 3 is 2.91 bits per heavy atom. The normalized spacial score (nSPS) is 9.73. The van der Waals surface area contributed by atoms with Gasteiger partial charge in [-0.05, 0) is 29.5 Å². The maximum atomic E-state index is 4.16. The molecule has 60 valence electrons. The first-order valence-corrected chi connectivity index (χ1v) is 4.50. The Kier molecular flexibility index (Phi) is 3.04. The Labute approximate surface area is 80.0 Å². The van der Waals surface area contributed by atoms with Crippen LogP contribution in [0.15, 0.2) is 12.5 Å². The summed E-state index contributed by atoms with van der Waals surface area (Å²) in [5.41, 5.74) is 0. The molecule has 0 fully saturated rings. The van der Waals surface area contributed by atoms with Crippen molar-refractivity contribution in [2.24, 2.45) is 0 Å². The van der Waals surface area contributed by atoms with Crippen molar-refractivity contribution in [2.45, 2.75) is 6.92 Å². The zero-order valence-corrected chi connectivity index (χ0v) is 8.74. The van der Waals surface area contributed by atoms with E-state index in [0.29, 0.717) is 0 Å². The third kappa shape index (κ3) is 2.02. The van der Waals surface area contributed by atoms with E-state index < -0.39 is 0 Å². The second-order valence-electron chi connectivity index (χ2n) is 2.21. The first-order valence-electron chi connectivity index (χ1n) is 3.42. The molecule has 0 aliphatic heterocycles. The summed E-state index contributed by atoms with van der Waals surface area (Å²) < 4.78 is 1.09. The molecule has 0 saturated carbocycles. The van der Waals surface area contributed by atoms with Gasteiger partial charge in [0, 0.05) is 19.8 Å². The van der Waals surface area contributed by atoms with Gasteiger partial charge in [-0.25, -0.2) is 9.97 Å². The zero-order valence-electron chi connectivity index (χ0n) is 6.58. The van der Waals surface area contributed by atoms with E-state index in [0.717, 1.165) is 15.9 Å². The van der Waals surface area contributed by atoms with Crippen LogP contribution in [0.4, 0.5) is 5.82 Å². The van der Waals surface area contributed by atoms with E-state index in [-0.39, 0.29) is 0 Å². The Hall–Kier alpha value is -0.390. The molecule has 1 rings (SSSR count). The first kappa shape index (κ1) is 8.70. The van der Waals surface area contributed by atoms with Crippen LogP contribution < -0.4 is 4.90 Å². The largest absolute Gasteiger partial charge is 0.359 e. The van der Waals surface area contributed by atoms with Crippen molar-refractivity contribution in [3.63, 3.8) is 0 Å². The number of aromatic nitrogens is 2. The highest BCUT2D eigenvalue weighted by Gasteiger charge is 2.03. The lowest BCUT2D eigenvalue weighted by Gasteiger charge is -2.15. The zero-order chi connectivity index (χ0) is 8.27. The lowest BCUT2D eigenvalue weighted by Crippen LogP contribution is -2.18. The third-order valence-electron chi connectivity index (χ3n) is 1.48. The minimum absolute atomic E-state index is 0.965. The number of rotatable bonds is 2. The van der Waals surface area contributed by atoms with Crippen LogP contribution in [0.3, 0.4) is 0 Å². The number of hydrogen-bond donors (Lipinski definition) is 0. The van der Waals surface area contributed by atoms with Crippen molar-refractivity contribution >= 4 is 28.4 Å². The van der Waals surface area contributed by atoms with Gasteiger partial charge in [0.15, 0.2) is 0 Å². The Balaban J connectivity index is 2.93. The molecule has 0 aliphatic carbocycles. The predicted molar refractivity (Wildman–Crippen MR) is 53.7 cm³/mol. The second-order valence-corrected chi connectivity index (χ2v) is 3.37. The van der Waals surface area contributed by atoms with Crippen LogP contribution in [-0.4, -0.2) is 23.6 Å². The van der Waals surface area contributed by atoms with E-state index in [9.17, 15) is 0 Å². The fraction of sp³-hybridized carbons (Fsp3) is 0.429. The van der Waals surface area contributed by atoms with Gasteiger partial charge in [0.25, 0.3) is 0 Å². The van der Waals surface area contributed by atoms with Gasteiger partial charge in [-0.2, -0.15) is 0 Å². The summed E-state index contributed by atoms with van der Waals surface area (Å²) in [4.78, 5) is 10.2. The van der Waals surface area contributed by atoms with Crippen LogP contribution in [-0.2, 0) is 0 Å². The maximum Gasteiger partial charge on any atom is 0.145 e. The highest BCUT2D eigenvalue weighted by Crippen LogP contribution is 2.15. The van der Waals surface area contributed by atoms with Crippen LogP contribution in [0.1, 0.15) is 6.92 Å². The molecule has 0 atom stereocenters. The number of hydrogen-bond acceptors (Lipinski definition) is 3. The fourth-order valence-corrected chi connectivity index (χ4v) is 1.45. The van der Waals surface area contributed by atoms with Gasteiger partial charge in [-0.3, -0.25) is 0 Å². The van der Waals surface area contributed by atoms with Gasteiger partial charge < -0.3 is 4.90 Å². The van der Waals surface area contributed by atoms with Crippen molar-refractivity contribution in [2.75, 3.05) is 18.5 Å². The summed E-state index contributed by atoms with van der Waals surface area (Å²) >= 11 is 2.23. The standard InChI is InChI=1S/C7H10IN3/c1-3-11(2)7-6(8)4-9-5-10-7/h4-5H,3H2,1-2H3. The molecule has 3 nitrogen and oxygen atoms in total. The summed E-state index contributed by atoms with van der Waals surface area (Å²) in [6.45, 7) is 3.06. The van der Waals surface area contributed by atoms with Crippen LogP contribution in [0.5, 0.6) is 0 Å². The minimum Gasteiger partial charge on any atom is -0.359 e. The van der Waals surface area contributed by atoms with Crippen molar-refractivity contribution in [1.29, 1.82) is 0 Å². The van der Waals surface area contributed by atoms with E-state index in [1.54, 1.807) is 6.33 Å². The molecule has 1 heterocycles. The topological polar surface area (TPSA) is 29.0 Å². The Morgan fingerprint density at radius 2 is 2.36 bits per heavy atom. The Morgan fingerprint density at radius 1 is 1.64 bits per heavy atom. The van der Waals surface area contributed by atoms with E-state index >= 15 is 0 Å². The molecule has 1 aromatic heterocycles. The molecule has 0 saturated heterocycles. The molecule has 0 radical (unpaired) electrons. The minimum atomic E-state index is 0.965. The number of nitrogens with zero attached hydrogens (tertiary/aromatic N) is 3. The molecule has 0 amide bonds.